The molecular weight excluding hydrogens is 446 g/mol. The fraction of sp³-hybridized carbons (Fsp3) is 0.407. The zero-order valence-electron chi connectivity index (χ0n) is 20.6. The second-order valence-corrected chi connectivity index (χ2v) is 9.04. The van der Waals surface area contributed by atoms with Crippen LogP contribution in [0.25, 0.3) is 5.57 Å². The number of likely N-dealkylation sites (N-methyl/N-ethyl adjacent to an activating group) is 2. The van der Waals surface area contributed by atoms with Gasteiger partial charge >= 0.3 is 12.1 Å². The third kappa shape index (κ3) is 7.48. The minimum atomic E-state index is -0.748. The maximum atomic E-state index is 12.5. The molecule has 1 unspecified atom stereocenters. The van der Waals surface area contributed by atoms with Crippen molar-refractivity contribution in [1.29, 1.82) is 0 Å². The molecule has 0 radical (unpaired) electrons. The Morgan fingerprint density at radius 3 is 2.37 bits per heavy atom. The van der Waals surface area contributed by atoms with Crippen molar-refractivity contribution < 1.29 is 24.2 Å². The number of ether oxygens (including phenoxy) is 2. The Balaban J connectivity index is 1.63. The number of carboxylic acid groups (broad SMARTS) is 1. The minimum absolute atomic E-state index is 0.0892. The van der Waals surface area contributed by atoms with Crippen molar-refractivity contribution in [1.82, 2.24) is 9.91 Å². The van der Waals surface area contributed by atoms with Crippen LogP contribution < -0.4 is 10.6 Å². The molecule has 1 aliphatic carbocycles. The van der Waals surface area contributed by atoms with Gasteiger partial charge in [0.25, 0.3) is 0 Å². The second kappa shape index (κ2) is 12.3. The number of benzene rings is 2. The summed E-state index contributed by atoms with van der Waals surface area (Å²) in [5.74, 6) is 5.73. The van der Waals surface area contributed by atoms with Crippen LogP contribution >= 0.6 is 0 Å². The van der Waals surface area contributed by atoms with Crippen LogP contribution in [0.3, 0.4) is 0 Å². The summed E-state index contributed by atoms with van der Waals surface area (Å²) in [6.45, 7) is 2.44. The molecule has 3 N–H and O–H groups in total. The van der Waals surface area contributed by atoms with Crippen LogP contribution in [0.5, 0.6) is 5.75 Å². The minimum Gasteiger partial charge on any atom is -0.490 e. The lowest BCUT2D eigenvalue weighted by molar-refractivity contribution is -0.143. The zero-order chi connectivity index (χ0) is 25.4. The van der Waals surface area contributed by atoms with E-state index in [1.165, 1.54) is 9.91 Å². The van der Waals surface area contributed by atoms with Crippen LogP contribution in [0.2, 0.25) is 0 Å². The number of allylic oxidation sites excluding steroid dienone is 1. The Bertz CT molecular complexity index is 1020. The number of carbonyl (C=O) groups excluding carboxylic acids is 1. The molecule has 0 bridgehead atoms. The van der Waals surface area contributed by atoms with Gasteiger partial charge in [-0.25, -0.2) is 10.6 Å². The quantitative estimate of drug-likeness (QED) is 0.401. The number of amides is 1. The van der Waals surface area contributed by atoms with E-state index in [-0.39, 0.29) is 25.2 Å². The van der Waals surface area contributed by atoms with Gasteiger partial charge in [0.1, 0.15) is 12.4 Å². The number of aliphatic carboxylic acids is 1. The Hall–Kier alpha value is -3.52. The highest BCUT2D eigenvalue weighted by Crippen LogP contribution is 2.29. The molecule has 0 spiro atoms. The molecule has 1 aliphatic rings. The molecule has 3 rings (SSSR count). The summed E-state index contributed by atoms with van der Waals surface area (Å²) in [7, 11) is 3.41. The standard InChI is InChI=1S/C27H35N3O5/c1-19(21-12-14-23(15-13-21)35-24-11-7-10-22(16-24)26(31)32)25(30(3)28)17-29(2)27(33)34-18-20-8-5-4-6-9-20/h4-6,8-9,12-15,22,24H,7,10-11,16-18,28H2,1-3H3,(H,31,32)/b25-19+/t22-,24?/m0/s1. The van der Waals surface area contributed by atoms with E-state index in [1.807, 2.05) is 61.5 Å². The van der Waals surface area contributed by atoms with Crippen molar-refractivity contribution in [2.75, 3.05) is 20.6 Å². The Morgan fingerprint density at radius 2 is 1.74 bits per heavy atom. The topological polar surface area (TPSA) is 105 Å². The van der Waals surface area contributed by atoms with Crippen molar-refractivity contribution in [2.24, 2.45) is 11.8 Å². The molecule has 1 fully saturated rings. The summed E-state index contributed by atoms with van der Waals surface area (Å²) in [4.78, 5) is 25.3. The summed E-state index contributed by atoms with van der Waals surface area (Å²) in [6.07, 6.45) is 2.44. The first-order valence-electron chi connectivity index (χ1n) is 11.8. The molecule has 2 aromatic carbocycles. The van der Waals surface area contributed by atoms with Gasteiger partial charge < -0.3 is 24.5 Å². The highest BCUT2D eigenvalue weighted by atomic mass is 16.6. The van der Waals surface area contributed by atoms with Crippen molar-refractivity contribution in [3.8, 4) is 5.75 Å². The van der Waals surface area contributed by atoms with Crippen LogP contribution in [-0.4, -0.2) is 53.8 Å². The molecule has 0 saturated heterocycles. The maximum Gasteiger partial charge on any atom is 0.410 e. The van der Waals surface area contributed by atoms with Gasteiger partial charge in [-0.1, -0.05) is 42.5 Å². The zero-order valence-corrected chi connectivity index (χ0v) is 20.6. The third-order valence-electron chi connectivity index (χ3n) is 6.33. The molecule has 8 nitrogen and oxygen atoms in total. The van der Waals surface area contributed by atoms with Gasteiger partial charge in [-0.2, -0.15) is 0 Å². The van der Waals surface area contributed by atoms with Gasteiger partial charge in [0.05, 0.1) is 24.3 Å². The van der Waals surface area contributed by atoms with E-state index in [9.17, 15) is 14.7 Å². The SMILES string of the molecule is C/C(=C(/CN(C)C(=O)OCc1ccccc1)N(C)N)c1ccc(OC2CCC[C@H](C(=O)O)C2)cc1. The molecule has 2 aromatic rings. The predicted octanol–water partition coefficient (Wildman–Crippen LogP) is 4.51. The number of rotatable bonds is 9. The molecule has 35 heavy (non-hydrogen) atoms. The lowest BCUT2D eigenvalue weighted by Crippen LogP contribution is -2.36. The molecule has 1 amide bonds. The number of nitrogens with zero attached hydrogens (tertiary/aromatic N) is 2. The highest BCUT2D eigenvalue weighted by molar-refractivity contribution is 5.71. The van der Waals surface area contributed by atoms with E-state index in [2.05, 4.69) is 0 Å². The molecule has 0 aliphatic heterocycles. The smallest absolute Gasteiger partial charge is 0.410 e. The first-order chi connectivity index (χ1) is 16.7. The lowest BCUT2D eigenvalue weighted by atomic mass is 9.87. The Morgan fingerprint density at radius 1 is 1.06 bits per heavy atom. The number of nitrogens with two attached hydrogens (primary N) is 1. The summed E-state index contributed by atoms with van der Waals surface area (Å²) in [5, 5.41) is 10.8. The predicted molar refractivity (Wildman–Crippen MR) is 134 cm³/mol. The van der Waals surface area contributed by atoms with Gasteiger partial charge in [-0.3, -0.25) is 4.79 Å². The fourth-order valence-electron chi connectivity index (χ4n) is 4.23. The van der Waals surface area contributed by atoms with Crippen LogP contribution in [0.15, 0.2) is 60.3 Å². The molecule has 0 heterocycles. The van der Waals surface area contributed by atoms with Crippen molar-refractivity contribution in [3.63, 3.8) is 0 Å². The average molecular weight is 482 g/mol. The molecule has 0 aromatic heterocycles. The first kappa shape index (κ1) is 26.1. The fourth-order valence-corrected chi connectivity index (χ4v) is 4.23. The maximum absolute atomic E-state index is 12.5. The van der Waals surface area contributed by atoms with E-state index in [4.69, 9.17) is 15.3 Å². The molecule has 1 saturated carbocycles. The summed E-state index contributed by atoms with van der Waals surface area (Å²) in [5.41, 5.74) is 3.57. The van der Waals surface area contributed by atoms with Gasteiger partial charge in [0.15, 0.2) is 0 Å². The second-order valence-electron chi connectivity index (χ2n) is 9.04. The van der Waals surface area contributed by atoms with E-state index >= 15 is 0 Å². The molecular formula is C27H35N3O5. The van der Waals surface area contributed by atoms with Crippen LogP contribution in [-0.2, 0) is 16.1 Å². The van der Waals surface area contributed by atoms with Gasteiger partial charge in [-0.05, 0) is 61.4 Å². The molecule has 2 atom stereocenters. The van der Waals surface area contributed by atoms with Gasteiger partial charge in [-0.15, -0.1) is 0 Å². The van der Waals surface area contributed by atoms with Crippen LogP contribution in [0.1, 0.15) is 43.7 Å². The number of hydrogen-bond acceptors (Lipinski definition) is 6. The first-order valence-corrected chi connectivity index (χ1v) is 11.8. The van der Waals surface area contributed by atoms with E-state index in [1.54, 1.807) is 14.1 Å². The van der Waals surface area contributed by atoms with Crippen molar-refractivity contribution in [2.45, 2.75) is 45.3 Å². The lowest BCUT2D eigenvalue weighted by Gasteiger charge is -2.27. The number of carboxylic acids is 1. The average Bonchev–Trinajstić information content (AvgIpc) is 2.86. The summed E-state index contributed by atoms with van der Waals surface area (Å²) >= 11 is 0. The van der Waals surface area contributed by atoms with Gasteiger partial charge in [0, 0.05) is 14.1 Å². The summed E-state index contributed by atoms with van der Waals surface area (Å²) in [6, 6.07) is 17.2. The van der Waals surface area contributed by atoms with E-state index < -0.39 is 12.1 Å². The third-order valence-corrected chi connectivity index (χ3v) is 6.33. The number of carbonyl (C=O) groups is 2. The molecule has 188 valence electrons. The van der Waals surface area contributed by atoms with E-state index in [0.717, 1.165) is 35.2 Å². The van der Waals surface area contributed by atoms with Crippen molar-refractivity contribution in [3.05, 3.63) is 71.4 Å². The Kier molecular flexibility index (Phi) is 9.14. The van der Waals surface area contributed by atoms with E-state index in [0.29, 0.717) is 18.6 Å². The Labute approximate surface area is 206 Å². The monoisotopic (exact) mass is 481 g/mol. The largest absolute Gasteiger partial charge is 0.490 e. The van der Waals surface area contributed by atoms with Crippen LogP contribution in [0, 0.1) is 5.92 Å². The summed E-state index contributed by atoms with van der Waals surface area (Å²) < 4.78 is 11.5. The van der Waals surface area contributed by atoms with Crippen LogP contribution in [0.4, 0.5) is 4.79 Å². The van der Waals surface area contributed by atoms with Gasteiger partial charge in [0.2, 0.25) is 0 Å². The highest BCUT2D eigenvalue weighted by Gasteiger charge is 2.28. The normalized spacial score (nSPS) is 18.3. The number of hydrogen-bond donors (Lipinski definition) is 2. The number of hydrazine groups is 1. The van der Waals surface area contributed by atoms with Crippen molar-refractivity contribution >= 4 is 17.6 Å². The molecule has 8 heteroatoms.